The van der Waals surface area contributed by atoms with Crippen LogP contribution in [0.1, 0.15) is 44.1 Å². The van der Waals surface area contributed by atoms with E-state index in [1.807, 2.05) is 21.9 Å². The van der Waals surface area contributed by atoms with E-state index in [0.29, 0.717) is 26.1 Å². The fourth-order valence-corrected chi connectivity index (χ4v) is 4.48. The van der Waals surface area contributed by atoms with Crippen molar-refractivity contribution in [2.75, 3.05) is 19.7 Å². The van der Waals surface area contributed by atoms with Crippen molar-refractivity contribution in [2.45, 2.75) is 56.7 Å². The van der Waals surface area contributed by atoms with E-state index in [4.69, 9.17) is 4.74 Å². The molecule has 1 aromatic heterocycles. The Bertz CT molecular complexity index is 645. The predicted octanol–water partition coefficient (Wildman–Crippen LogP) is 1.74. The van der Waals surface area contributed by atoms with E-state index in [0.717, 1.165) is 44.2 Å². The number of amides is 2. The molecule has 4 heterocycles. The Morgan fingerprint density at radius 2 is 2.12 bits per heavy atom. The van der Waals surface area contributed by atoms with Crippen LogP contribution < -0.4 is 0 Å². The van der Waals surface area contributed by atoms with Crippen LogP contribution in [0.2, 0.25) is 0 Å². The molecule has 2 amide bonds. The lowest BCUT2D eigenvalue weighted by Crippen LogP contribution is -2.58. The van der Waals surface area contributed by atoms with Crippen molar-refractivity contribution in [3.05, 3.63) is 30.1 Å². The highest BCUT2D eigenvalue weighted by Gasteiger charge is 2.51. The minimum atomic E-state index is -0.342. The predicted molar refractivity (Wildman–Crippen MR) is 91.5 cm³/mol. The largest absolute Gasteiger partial charge is 0.368 e. The van der Waals surface area contributed by atoms with Gasteiger partial charge in [0, 0.05) is 38.6 Å². The zero-order valence-corrected chi connectivity index (χ0v) is 14.5. The number of nitrogens with zero attached hydrogens (tertiary/aromatic N) is 3. The third-order valence-electron chi connectivity index (χ3n) is 5.76. The molecular formula is C19H25N3O3. The Morgan fingerprint density at radius 3 is 2.88 bits per heavy atom. The van der Waals surface area contributed by atoms with Gasteiger partial charge in [0.25, 0.3) is 5.91 Å². The summed E-state index contributed by atoms with van der Waals surface area (Å²) in [6.07, 6.45) is 8.38. The maximum Gasteiger partial charge on any atom is 0.252 e. The second kappa shape index (κ2) is 6.75. The summed E-state index contributed by atoms with van der Waals surface area (Å²) in [6, 6.07) is 3.88. The molecule has 2 unspecified atom stereocenters. The molecule has 25 heavy (non-hydrogen) atoms. The van der Waals surface area contributed by atoms with Crippen LogP contribution >= 0.6 is 0 Å². The van der Waals surface area contributed by atoms with Crippen molar-refractivity contribution in [3.8, 4) is 0 Å². The molecule has 6 nitrogen and oxygen atoms in total. The zero-order valence-electron chi connectivity index (χ0n) is 14.5. The van der Waals surface area contributed by atoms with Gasteiger partial charge in [0.05, 0.1) is 12.0 Å². The summed E-state index contributed by atoms with van der Waals surface area (Å²) in [7, 11) is 0. The number of carbonyl (C=O) groups is 2. The Morgan fingerprint density at radius 1 is 1.28 bits per heavy atom. The molecule has 0 aliphatic carbocycles. The molecule has 3 aliphatic heterocycles. The first-order valence-corrected chi connectivity index (χ1v) is 9.28. The van der Waals surface area contributed by atoms with Crippen molar-refractivity contribution in [2.24, 2.45) is 0 Å². The van der Waals surface area contributed by atoms with E-state index in [-0.39, 0.29) is 23.5 Å². The number of piperidine rings is 1. The first-order valence-electron chi connectivity index (χ1n) is 9.28. The smallest absolute Gasteiger partial charge is 0.252 e. The van der Waals surface area contributed by atoms with Crippen LogP contribution in [0, 0.1) is 0 Å². The molecule has 2 atom stereocenters. The number of hydrogen-bond donors (Lipinski definition) is 0. The van der Waals surface area contributed by atoms with Gasteiger partial charge in [0.2, 0.25) is 5.91 Å². The summed E-state index contributed by atoms with van der Waals surface area (Å²) >= 11 is 0. The van der Waals surface area contributed by atoms with Gasteiger partial charge in [0.15, 0.2) is 0 Å². The molecule has 1 aromatic rings. The van der Waals surface area contributed by atoms with E-state index in [2.05, 4.69) is 4.98 Å². The third-order valence-corrected chi connectivity index (χ3v) is 5.76. The molecule has 0 aromatic carbocycles. The molecule has 0 N–H and O–H groups in total. The third kappa shape index (κ3) is 3.15. The van der Waals surface area contributed by atoms with Gasteiger partial charge >= 0.3 is 0 Å². The van der Waals surface area contributed by atoms with Gasteiger partial charge in [0.1, 0.15) is 6.10 Å². The minimum absolute atomic E-state index is 0.0933. The normalized spacial score (nSPS) is 29.6. The van der Waals surface area contributed by atoms with Crippen molar-refractivity contribution in [1.29, 1.82) is 0 Å². The lowest BCUT2D eigenvalue weighted by Gasteiger charge is -2.45. The maximum atomic E-state index is 13.0. The van der Waals surface area contributed by atoms with E-state index < -0.39 is 0 Å². The van der Waals surface area contributed by atoms with Gasteiger partial charge in [-0.2, -0.15) is 0 Å². The van der Waals surface area contributed by atoms with Crippen molar-refractivity contribution < 1.29 is 14.3 Å². The van der Waals surface area contributed by atoms with Gasteiger partial charge in [-0.15, -0.1) is 0 Å². The van der Waals surface area contributed by atoms with Gasteiger partial charge in [-0.05, 0) is 49.8 Å². The molecule has 0 radical (unpaired) electrons. The van der Waals surface area contributed by atoms with Gasteiger partial charge in [-0.3, -0.25) is 14.6 Å². The van der Waals surface area contributed by atoms with Crippen LogP contribution in [0.15, 0.2) is 24.5 Å². The number of likely N-dealkylation sites (tertiary alicyclic amines) is 2. The SMILES string of the molecule is O=C1CC2(CCCCN2C(=O)C2CCCO2)CN1Cc1ccncc1. The Hall–Kier alpha value is -1.95. The number of pyridine rings is 1. The molecule has 6 heteroatoms. The van der Waals surface area contributed by atoms with Gasteiger partial charge in [-0.25, -0.2) is 0 Å². The highest BCUT2D eigenvalue weighted by atomic mass is 16.5. The molecule has 3 aliphatic rings. The summed E-state index contributed by atoms with van der Waals surface area (Å²) in [5.41, 5.74) is 0.735. The number of hydrogen-bond acceptors (Lipinski definition) is 4. The molecule has 1 spiro atoms. The average Bonchev–Trinajstić information content (AvgIpc) is 3.25. The molecule has 0 bridgehead atoms. The Balaban J connectivity index is 1.52. The monoisotopic (exact) mass is 343 g/mol. The van der Waals surface area contributed by atoms with Gasteiger partial charge in [-0.1, -0.05) is 0 Å². The zero-order chi connectivity index (χ0) is 17.3. The lowest BCUT2D eigenvalue weighted by atomic mass is 9.85. The quantitative estimate of drug-likeness (QED) is 0.839. The maximum absolute atomic E-state index is 13.0. The Kier molecular flexibility index (Phi) is 4.46. The van der Waals surface area contributed by atoms with Crippen LogP contribution in [0.3, 0.4) is 0 Å². The number of rotatable bonds is 3. The van der Waals surface area contributed by atoms with Gasteiger partial charge < -0.3 is 14.5 Å². The first kappa shape index (κ1) is 16.5. The van der Waals surface area contributed by atoms with E-state index in [1.165, 1.54) is 0 Å². The highest BCUT2D eigenvalue weighted by molar-refractivity contribution is 5.86. The first-order chi connectivity index (χ1) is 12.2. The van der Waals surface area contributed by atoms with Crippen LogP contribution in [0.4, 0.5) is 0 Å². The molecular weight excluding hydrogens is 318 g/mol. The highest BCUT2D eigenvalue weighted by Crippen LogP contribution is 2.39. The van der Waals surface area contributed by atoms with E-state index >= 15 is 0 Å². The van der Waals surface area contributed by atoms with E-state index in [9.17, 15) is 9.59 Å². The summed E-state index contributed by atoms with van der Waals surface area (Å²) in [5.74, 6) is 0.236. The van der Waals surface area contributed by atoms with E-state index in [1.54, 1.807) is 12.4 Å². The average molecular weight is 343 g/mol. The summed E-state index contributed by atoms with van der Waals surface area (Å²) in [5, 5.41) is 0. The minimum Gasteiger partial charge on any atom is -0.368 e. The van der Waals surface area contributed by atoms with Crippen LogP contribution in [0.5, 0.6) is 0 Å². The molecule has 134 valence electrons. The topological polar surface area (TPSA) is 62.7 Å². The molecule has 3 fully saturated rings. The fraction of sp³-hybridized carbons (Fsp3) is 0.632. The summed E-state index contributed by atoms with van der Waals surface area (Å²) < 4.78 is 5.62. The van der Waals surface area contributed by atoms with Crippen molar-refractivity contribution in [3.63, 3.8) is 0 Å². The summed E-state index contributed by atoms with van der Waals surface area (Å²) in [6.45, 7) is 2.64. The number of aromatic nitrogens is 1. The lowest BCUT2D eigenvalue weighted by molar-refractivity contribution is -0.149. The van der Waals surface area contributed by atoms with Crippen LogP contribution in [-0.2, 0) is 20.9 Å². The molecule has 4 rings (SSSR count). The fourth-order valence-electron chi connectivity index (χ4n) is 4.48. The Labute approximate surface area is 148 Å². The van der Waals surface area contributed by atoms with Crippen LogP contribution in [0.25, 0.3) is 0 Å². The van der Waals surface area contributed by atoms with Crippen molar-refractivity contribution >= 4 is 11.8 Å². The van der Waals surface area contributed by atoms with Crippen molar-refractivity contribution in [1.82, 2.24) is 14.8 Å². The second-order valence-electron chi connectivity index (χ2n) is 7.46. The molecule has 3 saturated heterocycles. The summed E-state index contributed by atoms with van der Waals surface area (Å²) in [4.78, 5) is 33.6. The number of carbonyl (C=O) groups excluding carboxylic acids is 2. The van der Waals surface area contributed by atoms with Crippen LogP contribution in [-0.4, -0.2) is 57.9 Å². The standard InChI is InChI=1S/C19H25N3O3/c23-17-12-19(14-21(17)13-15-5-8-20-9-6-15)7-1-2-10-22(19)18(24)16-4-3-11-25-16/h5-6,8-9,16H,1-4,7,10-14H2. The molecule has 0 saturated carbocycles. The second-order valence-corrected chi connectivity index (χ2v) is 7.46. The number of ether oxygens (including phenoxy) is 1.